The van der Waals surface area contributed by atoms with E-state index >= 15 is 0 Å². The third kappa shape index (κ3) is 2.57. The van der Waals surface area contributed by atoms with Gasteiger partial charge < -0.3 is 10.7 Å². The van der Waals surface area contributed by atoms with Crippen molar-refractivity contribution in [3.8, 4) is 0 Å². The molecular formula is C15H16N4. The van der Waals surface area contributed by atoms with Crippen LogP contribution in [0.2, 0.25) is 0 Å². The minimum absolute atomic E-state index is 0.785. The summed E-state index contributed by atoms with van der Waals surface area (Å²) in [5.41, 5.74) is 10.7. The van der Waals surface area contributed by atoms with Gasteiger partial charge in [0.2, 0.25) is 0 Å². The number of nitrogens with two attached hydrogens (primary N) is 1. The molecule has 0 fully saturated rings. The molecule has 0 bridgehead atoms. The molecule has 19 heavy (non-hydrogen) atoms. The topological polar surface area (TPSA) is 67.6 Å². The Kier molecular flexibility index (Phi) is 2.91. The Bertz CT molecular complexity index is 715. The van der Waals surface area contributed by atoms with Crippen LogP contribution in [-0.2, 0) is 12.8 Å². The van der Waals surface area contributed by atoms with Crippen LogP contribution in [0.5, 0.6) is 0 Å². The molecule has 0 saturated carbocycles. The molecule has 0 aliphatic rings. The molecule has 4 nitrogen and oxygen atoms in total. The molecule has 4 heteroatoms. The zero-order valence-corrected chi connectivity index (χ0v) is 10.9. The summed E-state index contributed by atoms with van der Waals surface area (Å²) < 4.78 is 0. The lowest BCUT2D eigenvalue weighted by molar-refractivity contribution is 0.889. The number of nitrogens with one attached hydrogen (secondary N) is 1. The average Bonchev–Trinajstić information content (AvgIpc) is 2.78. The number of aromatic nitrogens is 3. The van der Waals surface area contributed by atoms with Crippen LogP contribution in [0.25, 0.3) is 11.2 Å². The molecule has 96 valence electrons. The van der Waals surface area contributed by atoms with Crippen molar-refractivity contribution in [3.63, 3.8) is 0 Å². The predicted molar refractivity (Wildman–Crippen MR) is 76.9 cm³/mol. The minimum atomic E-state index is 0.785. The van der Waals surface area contributed by atoms with Gasteiger partial charge in [0.25, 0.3) is 0 Å². The van der Waals surface area contributed by atoms with Gasteiger partial charge in [0.15, 0.2) is 5.65 Å². The Labute approximate surface area is 111 Å². The fraction of sp³-hybridized carbons (Fsp3) is 0.200. The van der Waals surface area contributed by atoms with Crippen LogP contribution < -0.4 is 5.73 Å². The molecular weight excluding hydrogens is 236 g/mol. The van der Waals surface area contributed by atoms with Crippen LogP contribution in [0.3, 0.4) is 0 Å². The Balaban J connectivity index is 1.78. The third-order valence-corrected chi connectivity index (χ3v) is 3.12. The van der Waals surface area contributed by atoms with Crippen LogP contribution in [0.4, 0.5) is 5.69 Å². The van der Waals surface area contributed by atoms with Gasteiger partial charge in [-0.05, 0) is 42.7 Å². The number of imidazole rings is 1. The molecule has 3 aromatic rings. The summed E-state index contributed by atoms with van der Waals surface area (Å²) in [7, 11) is 0. The molecule has 2 aromatic heterocycles. The van der Waals surface area contributed by atoms with Crippen LogP contribution in [0.15, 0.2) is 36.5 Å². The molecule has 3 rings (SSSR count). The summed E-state index contributed by atoms with van der Waals surface area (Å²) in [6, 6.07) is 10.0. The molecule has 0 amide bonds. The SMILES string of the molecule is Cc1cnc2nc(CCc3cccc(N)c3)[nH]c2c1. The number of nitrogen functional groups attached to an aromatic ring is 1. The second kappa shape index (κ2) is 4.72. The summed E-state index contributed by atoms with van der Waals surface area (Å²) in [4.78, 5) is 12.1. The number of fused-ring (bicyclic) bond motifs is 1. The number of benzene rings is 1. The van der Waals surface area contributed by atoms with E-state index in [1.807, 2.05) is 31.3 Å². The second-order valence-corrected chi connectivity index (χ2v) is 4.81. The highest BCUT2D eigenvalue weighted by atomic mass is 15.0. The van der Waals surface area contributed by atoms with E-state index in [1.54, 1.807) is 0 Å². The van der Waals surface area contributed by atoms with Crippen molar-refractivity contribution in [1.29, 1.82) is 0 Å². The zero-order chi connectivity index (χ0) is 13.2. The Morgan fingerprint density at radius 3 is 2.95 bits per heavy atom. The molecule has 1 aromatic carbocycles. The lowest BCUT2D eigenvalue weighted by Crippen LogP contribution is -1.94. The van der Waals surface area contributed by atoms with E-state index in [-0.39, 0.29) is 0 Å². The van der Waals surface area contributed by atoms with Crippen molar-refractivity contribution in [1.82, 2.24) is 15.0 Å². The number of H-pyrrole nitrogens is 1. The number of hydrogen-bond acceptors (Lipinski definition) is 3. The smallest absolute Gasteiger partial charge is 0.177 e. The van der Waals surface area contributed by atoms with Gasteiger partial charge in [-0.3, -0.25) is 0 Å². The standard InChI is InChI=1S/C15H16N4/c1-10-7-13-15(17-9-10)19-14(18-13)6-5-11-3-2-4-12(16)8-11/h2-4,7-9H,5-6,16H2,1H3,(H,17,18,19). The van der Waals surface area contributed by atoms with Crippen molar-refractivity contribution in [3.05, 3.63) is 53.5 Å². The maximum Gasteiger partial charge on any atom is 0.177 e. The normalized spacial score (nSPS) is 11.0. The first kappa shape index (κ1) is 11.7. The van der Waals surface area contributed by atoms with Crippen molar-refractivity contribution < 1.29 is 0 Å². The number of rotatable bonds is 3. The summed E-state index contributed by atoms with van der Waals surface area (Å²) in [6.45, 7) is 2.03. The summed E-state index contributed by atoms with van der Waals surface area (Å²) in [5, 5.41) is 0. The number of aromatic amines is 1. The van der Waals surface area contributed by atoms with Gasteiger partial charge in [-0.15, -0.1) is 0 Å². The van der Waals surface area contributed by atoms with Crippen LogP contribution in [0.1, 0.15) is 17.0 Å². The number of aryl methyl sites for hydroxylation is 3. The van der Waals surface area contributed by atoms with Gasteiger partial charge in [0, 0.05) is 18.3 Å². The highest BCUT2D eigenvalue weighted by Crippen LogP contribution is 2.13. The average molecular weight is 252 g/mol. The maximum absolute atomic E-state index is 5.77. The van der Waals surface area contributed by atoms with Gasteiger partial charge in [0.1, 0.15) is 5.82 Å². The van der Waals surface area contributed by atoms with E-state index in [0.29, 0.717) is 0 Å². The minimum Gasteiger partial charge on any atom is -0.399 e. The highest BCUT2D eigenvalue weighted by Gasteiger charge is 2.04. The van der Waals surface area contributed by atoms with E-state index < -0.39 is 0 Å². The highest BCUT2D eigenvalue weighted by molar-refractivity contribution is 5.70. The summed E-state index contributed by atoms with van der Waals surface area (Å²) in [6.07, 6.45) is 3.62. The predicted octanol–water partition coefficient (Wildman–Crippen LogP) is 2.63. The Morgan fingerprint density at radius 1 is 1.21 bits per heavy atom. The lowest BCUT2D eigenvalue weighted by atomic mass is 10.1. The lowest BCUT2D eigenvalue weighted by Gasteiger charge is -2.00. The van der Waals surface area contributed by atoms with Crippen LogP contribution in [0, 0.1) is 6.92 Å². The van der Waals surface area contributed by atoms with Crippen LogP contribution in [-0.4, -0.2) is 15.0 Å². The monoisotopic (exact) mass is 252 g/mol. The van der Waals surface area contributed by atoms with Gasteiger partial charge in [0.05, 0.1) is 5.52 Å². The molecule has 0 aliphatic carbocycles. The van der Waals surface area contributed by atoms with Crippen molar-refractivity contribution in [2.75, 3.05) is 5.73 Å². The van der Waals surface area contributed by atoms with Crippen LogP contribution >= 0.6 is 0 Å². The quantitative estimate of drug-likeness (QED) is 0.704. The van der Waals surface area contributed by atoms with Crippen molar-refractivity contribution in [2.24, 2.45) is 0 Å². The molecule has 0 saturated heterocycles. The van der Waals surface area contributed by atoms with E-state index in [0.717, 1.165) is 41.1 Å². The first-order chi connectivity index (χ1) is 9.20. The zero-order valence-electron chi connectivity index (χ0n) is 10.9. The van der Waals surface area contributed by atoms with E-state index in [1.165, 1.54) is 5.56 Å². The van der Waals surface area contributed by atoms with Gasteiger partial charge in [-0.25, -0.2) is 9.97 Å². The molecule has 0 aliphatic heterocycles. The van der Waals surface area contributed by atoms with E-state index in [2.05, 4.69) is 27.1 Å². The van der Waals surface area contributed by atoms with E-state index in [9.17, 15) is 0 Å². The number of pyridine rings is 1. The van der Waals surface area contributed by atoms with Crippen molar-refractivity contribution >= 4 is 16.9 Å². The molecule has 3 N–H and O–H groups in total. The number of nitrogens with zero attached hydrogens (tertiary/aromatic N) is 2. The number of hydrogen-bond donors (Lipinski definition) is 2. The fourth-order valence-corrected chi connectivity index (χ4v) is 2.18. The Morgan fingerprint density at radius 2 is 2.11 bits per heavy atom. The third-order valence-electron chi connectivity index (χ3n) is 3.12. The van der Waals surface area contributed by atoms with E-state index in [4.69, 9.17) is 5.73 Å². The molecule has 0 unspecified atom stereocenters. The van der Waals surface area contributed by atoms with Gasteiger partial charge in [-0.2, -0.15) is 0 Å². The molecule has 0 atom stereocenters. The molecule has 2 heterocycles. The molecule has 0 radical (unpaired) electrons. The fourth-order valence-electron chi connectivity index (χ4n) is 2.18. The second-order valence-electron chi connectivity index (χ2n) is 4.81. The van der Waals surface area contributed by atoms with Crippen molar-refractivity contribution in [2.45, 2.75) is 19.8 Å². The number of anilines is 1. The van der Waals surface area contributed by atoms with Gasteiger partial charge in [-0.1, -0.05) is 12.1 Å². The van der Waals surface area contributed by atoms with Gasteiger partial charge >= 0.3 is 0 Å². The summed E-state index contributed by atoms with van der Waals surface area (Å²) in [5.74, 6) is 0.968. The first-order valence-corrected chi connectivity index (χ1v) is 6.36. The largest absolute Gasteiger partial charge is 0.399 e. The summed E-state index contributed by atoms with van der Waals surface area (Å²) >= 11 is 0. The Hall–Kier alpha value is -2.36. The first-order valence-electron chi connectivity index (χ1n) is 6.36. The molecule has 0 spiro atoms. The maximum atomic E-state index is 5.77.